The summed E-state index contributed by atoms with van der Waals surface area (Å²) in [6.45, 7) is 5.23. The van der Waals surface area contributed by atoms with Crippen LogP contribution < -0.4 is 0 Å². The maximum atomic E-state index is 5.52. The van der Waals surface area contributed by atoms with Gasteiger partial charge in [0.15, 0.2) is 0 Å². The van der Waals surface area contributed by atoms with E-state index in [1.165, 1.54) is 0 Å². The molecule has 0 saturated carbocycles. The minimum Gasteiger partial charge on any atom is -0.454 e. The number of hydrogen-bond acceptors (Lipinski definition) is 4. The topological polar surface area (TPSA) is 41.1 Å². The third kappa shape index (κ3) is 5.90. The average Bonchev–Trinajstić information content (AvgIpc) is 2.69. The van der Waals surface area contributed by atoms with E-state index < -0.39 is 0 Å². The molecule has 0 aliphatic carbocycles. The van der Waals surface area contributed by atoms with E-state index in [2.05, 4.69) is 23.9 Å². The van der Waals surface area contributed by atoms with E-state index in [-0.39, 0.29) is 0 Å². The van der Waals surface area contributed by atoms with Crippen molar-refractivity contribution < 1.29 is 4.42 Å². The lowest BCUT2D eigenvalue weighted by Crippen LogP contribution is -2.01. The number of nitrogens with zero attached hydrogens (tertiary/aromatic N) is 3. The van der Waals surface area contributed by atoms with Crippen molar-refractivity contribution in [2.75, 3.05) is 20.6 Å². The first-order valence-corrected chi connectivity index (χ1v) is 5.89. The fourth-order valence-electron chi connectivity index (χ4n) is 1.17. The number of rotatable bonds is 6. The second kappa shape index (κ2) is 6.89. The van der Waals surface area contributed by atoms with Crippen molar-refractivity contribution in [1.82, 2.24) is 5.01 Å². The minimum atomic E-state index is 0.687. The molecule has 0 unspecified atom stereocenters. The molecule has 1 heterocycles. The first-order valence-electron chi connectivity index (χ1n) is 5.89. The smallest absolute Gasteiger partial charge is 0.147 e. The second-order valence-electron chi connectivity index (χ2n) is 4.55. The summed E-state index contributed by atoms with van der Waals surface area (Å²) in [6.07, 6.45) is 4.56. The highest BCUT2D eigenvalue weighted by atomic mass is 16.3. The van der Waals surface area contributed by atoms with Crippen molar-refractivity contribution in [3.8, 4) is 0 Å². The molecule has 4 heteroatoms. The molecule has 0 aliphatic rings. The Morgan fingerprint density at radius 1 is 1.24 bits per heavy atom. The van der Waals surface area contributed by atoms with Crippen molar-refractivity contribution >= 4 is 12.4 Å². The second-order valence-corrected chi connectivity index (χ2v) is 4.55. The van der Waals surface area contributed by atoms with Crippen LogP contribution in [0, 0.1) is 5.92 Å². The van der Waals surface area contributed by atoms with Crippen LogP contribution in [0.1, 0.15) is 31.8 Å². The van der Waals surface area contributed by atoms with Crippen LogP contribution in [0.2, 0.25) is 0 Å². The Bertz CT molecular complexity index is 378. The van der Waals surface area contributed by atoms with E-state index in [9.17, 15) is 0 Å². The number of hydrogen-bond donors (Lipinski definition) is 0. The summed E-state index contributed by atoms with van der Waals surface area (Å²) < 4.78 is 5.52. The van der Waals surface area contributed by atoms with Gasteiger partial charge in [-0.2, -0.15) is 5.10 Å². The average molecular weight is 235 g/mol. The quantitative estimate of drug-likeness (QED) is 0.562. The summed E-state index contributed by atoms with van der Waals surface area (Å²) in [5.74, 6) is 2.20. The van der Waals surface area contributed by atoms with Crippen LogP contribution in [-0.2, 0) is 0 Å². The van der Waals surface area contributed by atoms with Gasteiger partial charge in [0.25, 0.3) is 0 Å². The molecule has 4 nitrogen and oxygen atoms in total. The highest BCUT2D eigenvalue weighted by Gasteiger charge is 1.97. The highest BCUT2D eigenvalue weighted by molar-refractivity contribution is 5.80. The van der Waals surface area contributed by atoms with Crippen molar-refractivity contribution in [2.45, 2.75) is 20.3 Å². The number of aliphatic imine (C=N–C) groups is 1. The Hall–Kier alpha value is -1.58. The molecule has 94 valence electrons. The first-order chi connectivity index (χ1) is 8.08. The van der Waals surface area contributed by atoms with Crippen LogP contribution in [-0.4, -0.2) is 38.1 Å². The molecule has 17 heavy (non-hydrogen) atoms. The predicted octanol–water partition coefficient (Wildman–Crippen LogP) is 2.64. The summed E-state index contributed by atoms with van der Waals surface area (Å²) in [4.78, 5) is 4.32. The Kier molecular flexibility index (Phi) is 5.46. The fraction of sp³-hybridized carbons (Fsp3) is 0.538. The monoisotopic (exact) mass is 235 g/mol. The van der Waals surface area contributed by atoms with Gasteiger partial charge in [-0.1, -0.05) is 13.8 Å². The molecule has 0 N–H and O–H groups in total. The molecule has 0 spiro atoms. The molecule has 1 rings (SSSR count). The fourth-order valence-corrected chi connectivity index (χ4v) is 1.17. The molecule has 0 fully saturated rings. The molecule has 1 aromatic heterocycles. The molecular weight excluding hydrogens is 214 g/mol. The van der Waals surface area contributed by atoms with E-state index in [0.717, 1.165) is 24.5 Å². The third-order valence-corrected chi connectivity index (χ3v) is 2.12. The Morgan fingerprint density at radius 2 is 1.88 bits per heavy atom. The summed E-state index contributed by atoms with van der Waals surface area (Å²) >= 11 is 0. The van der Waals surface area contributed by atoms with Crippen LogP contribution in [0.5, 0.6) is 0 Å². The van der Waals surface area contributed by atoms with Gasteiger partial charge >= 0.3 is 0 Å². The lowest BCUT2D eigenvalue weighted by Gasteiger charge is -2.00. The van der Waals surface area contributed by atoms with Gasteiger partial charge in [0.05, 0.1) is 12.4 Å². The maximum Gasteiger partial charge on any atom is 0.147 e. The van der Waals surface area contributed by atoms with Crippen molar-refractivity contribution in [2.24, 2.45) is 16.0 Å². The van der Waals surface area contributed by atoms with Gasteiger partial charge in [-0.3, -0.25) is 4.99 Å². The van der Waals surface area contributed by atoms with E-state index >= 15 is 0 Å². The van der Waals surface area contributed by atoms with E-state index in [4.69, 9.17) is 4.42 Å². The predicted molar refractivity (Wildman–Crippen MR) is 71.9 cm³/mol. The van der Waals surface area contributed by atoms with Crippen molar-refractivity contribution in [3.63, 3.8) is 0 Å². The summed E-state index contributed by atoms with van der Waals surface area (Å²) in [7, 11) is 3.74. The Balaban J connectivity index is 2.45. The normalized spacial score (nSPS) is 12.1. The molecule has 0 amide bonds. The lowest BCUT2D eigenvalue weighted by molar-refractivity contribution is 0.438. The van der Waals surface area contributed by atoms with E-state index in [1.807, 2.05) is 26.2 Å². The molecule has 0 aliphatic heterocycles. The highest BCUT2D eigenvalue weighted by Crippen LogP contribution is 2.04. The molecule has 0 atom stereocenters. The molecule has 0 bridgehead atoms. The van der Waals surface area contributed by atoms with Crippen LogP contribution in [0.4, 0.5) is 0 Å². The Morgan fingerprint density at radius 3 is 2.47 bits per heavy atom. The maximum absolute atomic E-state index is 5.52. The van der Waals surface area contributed by atoms with Crippen LogP contribution in [0.3, 0.4) is 0 Å². The molecular formula is C13H21N3O. The third-order valence-electron chi connectivity index (χ3n) is 2.12. The summed E-state index contributed by atoms with van der Waals surface area (Å²) in [6, 6.07) is 3.78. The van der Waals surface area contributed by atoms with Crippen LogP contribution >= 0.6 is 0 Å². The van der Waals surface area contributed by atoms with E-state index in [1.54, 1.807) is 17.4 Å². The standard InChI is InChI=1S/C13H21N3O/c1-11(2)7-8-14-9-12-5-6-13(17-12)10-15-16(3)4/h5-6,9-11H,7-8H2,1-4H3/b14-9+,15-10+. The van der Waals surface area contributed by atoms with Gasteiger partial charge in [0.1, 0.15) is 11.5 Å². The summed E-state index contributed by atoms with van der Waals surface area (Å²) in [5.41, 5.74) is 0. The zero-order valence-corrected chi connectivity index (χ0v) is 11.1. The number of furan rings is 1. The van der Waals surface area contributed by atoms with E-state index in [0.29, 0.717) is 5.92 Å². The minimum absolute atomic E-state index is 0.687. The van der Waals surface area contributed by atoms with Gasteiger partial charge in [-0.25, -0.2) is 0 Å². The lowest BCUT2D eigenvalue weighted by atomic mass is 10.1. The van der Waals surface area contributed by atoms with Crippen LogP contribution in [0.25, 0.3) is 0 Å². The molecule has 0 radical (unpaired) electrons. The zero-order chi connectivity index (χ0) is 12.7. The zero-order valence-electron chi connectivity index (χ0n) is 11.1. The Labute approximate surface area is 103 Å². The largest absolute Gasteiger partial charge is 0.454 e. The van der Waals surface area contributed by atoms with Crippen molar-refractivity contribution in [3.05, 3.63) is 23.7 Å². The molecule has 0 saturated heterocycles. The van der Waals surface area contributed by atoms with Gasteiger partial charge in [-0.05, 0) is 24.5 Å². The van der Waals surface area contributed by atoms with Gasteiger partial charge in [0, 0.05) is 20.6 Å². The van der Waals surface area contributed by atoms with Gasteiger partial charge in [0.2, 0.25) is 0 Å². The molecule has 0 aromatic carbocycles. The summed E-state index contributed by atoms with van der Waals surface area (Å²) in [5, 5.41) is 5.82. The van der Waals surface area contributed by atoms with Crippen molar-refractivity contribution in [1.29, 1.82) is 0 Å². The number of hydrazone groups is 1. The van der Waals surface area contributed by atoms with Gasteiger partial charge < -0.3 is 9.43 Å². The van der Waals surface area contributed by atoms with Crippen LogP contribution in [0.15, 0.2) is 26.6 Å². The first kappa shape index (κ1) is 13.5. The molecule has 1 aromatic rings. The van der Waals surface area contributed by atoms with Gasteiger partial charge in [-0.15, -0.1) is 0 Å². The SMILES string of the molecule is CC(C)CC/N=C/c1ccc(/C=N/N(C)C)o1.